The van der Waals surface area contributed by atoms with Gasteiger partial charge in [0.1, 0.15) is 0 Å². The van der Waals surface area contributed by atoms with Crippen molar-refractivity contribution in [1.82, 2.24) is 5.48 Å². The predicted molar refractivity (Wildman–Crippen MR) is 26.8 cm³/mol. The maximum Gasteiger partial charge on any atom is 0.0703 e. The summed E-state index contributed by atoms with van der Waals surface area (Å²) >= 11 is 0. The summed E-state index contributed by atoms with van der Waals surface area (Å²) in [5.74, 6) is 0. The molecule has 0 saturated carbocycles. The van der Waals surface area contributed by atoms with Crippen molar-refractivity contribution in [3.8, 4) is 0 Å². The smallest absolute Gasteiger partial charge is 0.0703 e. The fourth-order valence-electron chi connectivity index (χ4n) is 0.676. The molecule has 0 aromatic carbocycles. The fourth-order valence-corrected chi connectivity index (χ4v) is 0.676. The fraction of sp³-hybridized carbons (Fsp3) is 1.00. The first kappa shape index (κ1) is 5.06. The van der Waals surface area contributed by atoms with Gasteiger partial charge in [0, 0.05) is 0 Å². The molecule has 0 N–H and O–H groups in total. The van der Waals surface area contributed by atoms with Gasteiger partial charge in [-0.15, -0.1) is 0 Å². The van der Waals surface area contributed by atoms with E-state index in [9.17, 15) is 0 Å². The molecule has 2 nitrogen and oxygen atoms in total. The van der Waals surface area contributed by atoms with Crippen molar-refractivity contribution in [3.63, 3.8) is 0 Å². The second-order valence-electron chi connectivity index (χ2n) is 1.93. The second kappa shape index (κ2) is 2.28. The maximum absolute atomic E-state index is 4.81. The summed E-state index contributed by atoms with van der Waals surface area (Å²) in [7, 11) is 0. The third kappa shape index (κ3) is 1.45. The second-order valence-corrected chi connectivity index (χ2v) is 1.93. The van der Waals surface area contributed by atoms with Crippen molar-refractivity contribution in [3.05, 3.63) is 0 Å². The van der Waals surface area contributed by atoms with E-state index in [1.54, 1.807) is 0 Å². The summed E-state index contributed by atoms with van der Waals surface area (Å²) < 4.78 is 0. The van der Waals surface area contributed by atoms with Crippen LogP contribution in [-0.4, -0.2) is 12.6 Å². The molecule has 0 aliphatic carbocycles. The van der Waals surface area contributed by atoms with Crippen molar-refractivity contribution in [2.24, 2.45) is 0 Å². The van der Waals surface area contributed by atoms with E-state index in [1.807, 2.05) is 0 Å². The number of hydrogen-bond donors (Lipinski definition) is 0. The molecule has 0 aromatic rings. The SMILES string of the molecule is CC1CCCO[N]1. The zero-order valence-electron chi connectivity index (χ0n) is 4.55. The van der Waals surface area contributed by atoms with Crippen LogP contribution in [-0.2, 0) is 4.84 Å². The van der Waals surface area contributed by atoms with Crippen LogP contribution in [0.2, 0.25) is 0 Å². The molecular formula is C5H10NO. The average molecular weight is 100 g/mol. The molecule has 0 spiro atoms. The van der Waals surface area contributed by atoms with Gasteiger partial charge in [-0.05, 0) is 19.8 Å². The van der Waals surface area contributed by atoms with E-state index in [0.717, 1.165) is 6.61 Å². The van der Waals surface area contributed by atoms with Crippen molar-refractivity contribution in [2.45, 2.75) is 25.8 Å². The molecule has 41 valence electrons. The standard InChI is InChI=1S/C5H10NO/c1-5-3-2-4-7-6-5/h5H,2-4H2,1H3. The highest BCUT2D eigenvalue weighted by atomic mass is 16.6. The average Bonchev–Trinajstić information content (AvgIpc) is 1.69. The summed E-state index contributed by atoms with van der Waals surface area (Å²) in [6.45, 7) is 2.89. The van der Waals surface area contributed by atoms with Gasteiger partial charge in [0.15, 0.2) is 0 Å². The molecule has 0 bridgehead atoms. The van der Waals surface area contributed by atoms with Crippen LogP contribution in [0, 0.1) is 0 Å². The minimum absolute atomic E-state index is 0.439. The molecule has 2 heteroatoms. The van der Waals surface area contributed by atoms with Gasteiger partial charge in [0.05, 0.1) is 12.6 Å². The van der Waals surface area contributed by atoms with Crippen LogP contribution in [0.3, 0.4) is 0 Å². The quantitative estimate of drug-likeness (QED) is 0.439. The molecular weight excluding hydrogens is 90.1 g/mol. The normalized spacial score (nSPS) is 33.0. The molecule has 0 aromatic heterocycles. The lowest BCUT2D eigenvalue weighted by Gasteiger charge is -2.15. The third-order valence-electron chi connectivity index (χ3n) is 1.11. The van der Waals surface area contributed by atoms with Crippen LogP contribution < -0.4 is 5.48 Å². The highest BCUT2D eigenvalue weighted by Gasteiger charge is 2.07. The Morgan fingerprint density at radius 3 is 2.86 bits per heavy atom. The summed E-state index contributed by atoms with van der Waals surface area (Å²) in [6.07, 6.45) is 2.37. The minimum Gasteiger partial charge on any atom is -0.282 e. The highest BCUT2D eigenvalue weighted by molar-refractivity contribution is 4.56. The van der Waals surface area contributed by atoms with Gasteiger partial charge in [-0.3, -0.25) is 4.84 Å². The number of rotatable bonds is 0. The summed E-state index contributed by atoms with van der Waals surface area (Å²) in [6, 6.07) is 0.439. The van der Waals surface area contributed by atoms with Gasteiger partial charge in [-0.2, -0.15) is 0 Å². The van der Waals surface area contributed by atoms with E-state index in [1.165, 1.54) is 12.8 Å². The third-order valence-corrected chi connectivity index (χ3v) is 1.11. The molecule has 1 saturated heterocycles. The Bertz CT molecular complexity index is 50.0. The van der Waals surface area contributed by atoms with Gasteiger partial charge in [-0.25, -0.2) is 0 Å². The molecule has 7 heavy (non-hydrogen) atoms. The van der Waals surface area contributed by atoms with Crippen LogP contribution in [0.15, 0.2) is 0 Å². The Kier molecular flexibility index (Phi) is 1.65. The van der Waals surface area contributed by atoms with Crippen LogP contribution in [0.5, 0.6) is 0 Å². The predicted octanol–water partition coefficient (Wildman–Crippen LogP) is 0.705. The van der Waals surface area contributed by atoms with Gasteiger partial charge >= 0.3 is 0 Å². The molecule has 1 aliphatic rings. The lowest BCUT2D eigenvalue weighted by Crippen LogP contribution is -2.24. The van der Waals surface area contributed by atoms with Gasteiger partial charge in [0.2, 0.25) is 0 Å². The van der Waals surface area contributed by atoms with E-state index >= 15 is 0 Å². The van der Waals surface area contributed by atoms with Crippen LogP contribution in [0.1, 0.15) is 19.8 Å². The van der Waals surface area contributed by atoms with Crippen LogP contribution in [0.25, 0.3) is 0 Å². The highest BCUT2D eigenvalue weighted by Crippen LogP contribution is 2.02. The first-order chi connectivity index (χ1) is 3.39. The van der Waals surface area contributed by atoms with Crippen LogP contribution in [0.4, 0.5) is 0 Å². The molecule has 1 unspecified atom stereocenters. The van der Waals surface area contributed by atoms with Crippen LogP contribution >= 0.6 is 0 Å². The summed E-state index contributed by atoms with van der Waals surface area (Å²) in [5.41, 5.74) is 3.83. The van der Waals surface area contributed by atoms with Crippen molar-refractivity contribution in [1.29, 1.82) is 0 Å². The Labute approximate surface area is 43.8 Å². The summed E-state index contributed by atoms with van der Waals surface area (Å²) in [4.78, 5) is 4.81. The molecule has 1 aliphatic heterocycles. The van der Waals surface area contributed by atoms with E-state index in [4.69, 9.17) is 4.84 Å². The lowest BCUT2D eigenvalue weighted by atomic mass is 10.2. The van der Waals surface area contributed by atoms with E-state index < -0.39 is 0 Å². The topological polar surface area (TPSA) is 23.3 Å². The molecule has 1 atom stereocenters. The summed E-state index contributed by atoms with van der Waals surface area (Å²) in [5, 5.41) is 0. The number of nitrogens with zero attached hydrogens (tertiary/aromatic N) is 1. The monoisotopic (exact) mass is 100 g/mol. The van der Waals surface area contributed by atoms with Gasteiger partial charge < -0.3 is 0 Å². The first-order valence-corrected chi connectivity index (χ1v) is 2.72. The Balaban J connectivity index is 2.12. The lowest BCUT2D eigenvalue weighted by molar-refractivity contribution is -0.0218. The number of hydroxylamine groups is 1. The minimum atomic E-state index is 0.439. The van der Waals surface area contributed by atoms with E-state index in [-0.39, 0.29) is 0 Å². The van der Waals surface area contributed by atoms with E-state index in [2.05, 4.69) is 12.4 Å². The largest absolute Gasteiger partial charge is 0.282 e. The first-order valence-electron chi connectivity index (χ1n) is 2.72. The molecule has 1 fully saturated rings. The zero-order valence-corrected chi connectivity index (χ0v) is 4.55. The number of hydrogen-bond acceptors (Lipinski definition) is 1. The van der Waals surface area contributed by atoms with Crippen molar-refractivity contribution in [2.75, 3.05) is 6.61 Å². The van der Waals surface area contributed by atoms with Gasteiger partial charge in [0.25, 0.3) is 0 Å². The Morgan fingerprint density at radius 2 is 2.57 bits per heavy atom. The van der Waals surface area contributed by atoms with Crippen molar-refractivity contribution < 1.29 is 4.84 Å². The zero-order chi connectivity index (χ0) is 5.11. The molecule has 0 amide bonds. The molecule has 1 heterocycles. The molecule has 1 rings (SSSR count). The van der Waals surface area contributed by atoms with Crippen molar-refractivity contribution >= 4 is 0 Å². The van der Waals surface area contributed by atoms with Gasteiger partial charge in [-0.1, -0.05) is 5.48 Å². The molecule has 1 radical (unpaired) electrons. The maximum atomic E-state index is 4.81. The Morgan fingerprint density at radius 1 is 1.71 bits per heavy atom. The Hall–Kier alpha value is -0.0800. The van der Waals surface area contributed by atoms with E-state index in [0.29, 0.717) is 6.04 Å².